The number of benzene rings is 1. The highest BCUT2D eigenvalue weighted by Gasteiger charge is 2.26. The lowest BCUT2D eigenvalue weighted by atomic mass is 10.0. The van der Waals surface area contributed by atoms with E-state index in [2.05, 4.69) is 36.1 Å². The van der Waals surface area contributed by atoms with Crippen LogP contribution in [0.15, 0.2) is 30.3 Å². The number of rotatable bonds is 5. The van der Waals surface area contributed by atoms with E-state index in [0.717, 1.165) is 25.9 Å². The molecule has 0 aliphatic carbocycles. The van der Waals surface area contributed by atoms with Crippen molar-refractivity contribution in [2.45, 2.75) is 32.2 Å². The Morgan fingerprint density at radius 2 is 2.17 bits per heavy atom. The van der Waals surface area contributed by atoms with Crippen LogP contribution in [0.25, 0.3) is 0 Å². The van der Waals surface area contributed by atoms with E-state index in [9.17, 15) is 4.79 Å². The summed E-state index contributed by atoms with van der Waals surface area (Å²) in [5.74, 6) is -0.128. The average Bonchev–Trinajstić information content (AvgIpc) is 2.85. The molecule has 1 fully saturated rings. The van der Waals surface area contributed by atoms with Crippen LogP contribution in [0.5, 0.6) is 0 Å². The van der Waals surface area contributed by atoms with E-state index in [1.165, 1.54) is 5.56 Å². The number of nitrogens with zero attached hydrogens (tertiary/aromatic N) is 1. The minimum Gasteiger partial charge on any atom is -0.481 e. The van der Waals surface area contributed by atoms with Gasteiger partial charge in [-0.3, -0.25) is 9.69 Å². The Kier molecular flexibility index (Phi) is 4.37. The Morgan fingerprint density at radius 1 is 1.44 bits per heavy atom. The third kappa shape index (κ3) is 3.33. The van der Waals surface area contributed by atoms with Crippen LogP contribution in [0.3, 0.4) is 0 Å². The Bertz CT molecular complexity index is 391. The van der Waals surface area contributed by atoms with Gasteiger partial charge in [0.25, 0.3) is 0 Å². The van der Waals surface area contributed by atoms with E-state index >= 15 is 0 Å². The molecule has 18 heavy (non-hydrogen) atoms. The van der Waals surface area contributed by atoms with Crippen molar-refractivity contribution in [2.75, 3.05) is 13.1 Å². The van der Waals surface area contributed by atoms with Crippen LogP contribution in [-0.2, 0) is 4.79 Å². The highest BCUT2D eigenvalue weighted by atomic mass is 16.4. The van der Waals surface area contributed by atoms with Crippen molar-refractivity contribution in [2.24, 2.45) is 5.92 Å². The van der Waals surface area contributed by atoms with Gasteiger partial charge in [0.2, 0.25) is 0 Å². The van der Waals surface area contributed by atoms with Crippen molar-refractivity contribution < 1.29 is 9.90 Å². The maximum atomic E-state index is 10.6. The molecule has 0 aromatic heterocycles. The van der Waals surface area contributed by atoms with Crippen molar-refractivity contribution in [1.29, 1.82) is 0 Å². The number of aliphatic carboxylic acids is 1. The van der Waals surface area contributed by atoms with Crippen molar-refractivity contribution in [3.63, 3.8) is 0 Å². The van der Waals surface area contributed by atoms with E-state index in [-0.39, 0.29) is 0 Å². The molecule has 2 unspecified atom stereocenters. The number of hydrogen-bond acceptors (Lipinski definition) is 2. The zero-order valence-corrected chi connectivity index (χ0v) is 10.9. The standard InChI is InChI=1S/C15H21NO2/c1-12(14-5-3-2-4-6-14)16-10-9-13(11-16)7-8-15(17)18/h2-6,12-13H,7-11H2,1H3,(H,17,18). The summed E-state index contributed by atoms with van der Waals surface area (Å²) in [6.45, 7) is 4.35. The summed E-state index contributed by atoms with van der Waals surface area (Å²) >= 11 is 0. The molecule has 3 heteroatoms. The van der Waals surface area contributed by atoms with Gasteiger partial charge < -0.3 is 5.11 Å². The third-order valence-corrected chi connectivity index (χ3v) is 3.91. The summed E-state index contributed by atoms with van der Waals surface area (Å²) in [4.78, 5) is 13.0. The lowest BCUT2D eigenvalue weighted by Gasteiger charge is -2.24. The van der Waals surface area contributed by atoms with Gasteiger partial charge in [-0.25, -0.2) is 0 Å². The minimum atomic E-state index is -0.676. The number of hydrogen-bond donors (Lipinski definition) is 1. The van der Waals surface area contributed by atoms with Crippen LogP contribution < -0.4 is 0 Å². The monoisotopic (exact) mass is 247 g/mol. The van der Waals surface area contributed by atoms with Gasteiger partial charge in [0.15, 0.2) is 0 Å². The first kappa shape index (κ1) is 13.1. The predicted octanol–water partition coefficient (Wildman–Crippen LogP) is 2.93. The number of carbonyl (C=O) groups is 1. The number of carboxylic acids is 1. The molecule has 2 atom stereocenters. The first-order valence-electron chi connectivity index (χ1n) is 6.67. The third-order valence-electron chi connectivity index (χ3n) is 3.91. The van der Waals surface area contributed by atoms with Gasteiger partial charge in [0.1, 0.15) is 0 Å². The molecule has 1 saturated heterocycles. The van der Waals surface area contributed by atoms with Crippen molar-refractivity contribution in [3.8, 4) is 0 Å². The maximum Gasteiger partial charge on any atom is 0.303 e. The van der Waals surface area contributed by atoms with Gasteiger partial charge in [-0.1, -0.05) is 30.3 Å². The van der Waals surface area contributed by atoms with Crippen molar-refractivity contribution in [3.05, 3.63) is 35.9 Å². The highest BCUT2D eigenvalue weighted by molar-refractivity contribution is 5.66. The van der Waals surface area contributed by atoms with E-state index < -0.39 is 5.97 Å². The summed E-state index contributed by atoms with van der Waals surface area (Å²) in [6, 6.07) is 10.9. The summed E-state index contributed by atoms with van der Waals surface area (Å²) in [7, 11) is 0. The molecular weight excluding hydrogens is 226 g/mol. The topological polar surface area (TPSA) is 40.5 Å². The van der Waals surface area contributed by atoms with Gasteiger partial charge in [0.05, 0.1) is 0 Å². The van der Waals surface area contributed by atoms with Gasteiger partial charge in [-0.05, 0) is 37.8 Å². The Morgan fingerprint density at radius 3 is 2.83 bits per heavy atom. The quantitative estimate of drug-likeness (QED) is 0.869. The van der Waals surface area contributed by atoms with Crippen LogP contribution in [0.2, 0.25) is 0 Å². The fourth-order valence-electron chi connectivity index (χ4n) is 2.72. The smallest absolute Gasteiger partial charge is 0.303 e. The maximum absolute atomic E-state index is 10.6. The second-order valence-electron chi connectivity index (χ2n) is 5.17. The fraction of sp³-hybridized carbons (Fsp3) is 0.533. The average molecular weight is 247 g/mol. The number of likely N-dealkylation sites (tertiary alicyclic amines) is 1. The molecule has 0 amide bonds. The number of carboxylic acid groups (broad SMARTS) is 1. The van der Waals surface area contributed by atoms with Crippen LogP contribution in [0.4, 0.5) is 0 Å². The van der Waals surface area contributed by atoms with E-state index in [1.54, 1.807) is 0 Å². The second kappa shape index (κ2) is 6.01. The van der Waals surface area contributed by atoms with Crippen LogP contribution in [-0.4, -0.2) is 29.1 Å². The molecule has 3 nitrogen and oxygen atoms in total. The Balaban J connectivity index is 1.87. The van der Waals surface area contributed by atoms with E-state index in [0.29, 0.717) is 18.4 Å². The summed E-state index contributed by atoms with van der Waals surface area (Å²) in [6.07, 6.45) is 2.25. The molecule has 1 aromatic rings. The zero-order valence-electron chi connectivity index (χ0n) is 10.9. The van der Waals surface area contributed by atoms with E-state index in [4.69, 9.17) is 5.11 Å². The molecule has 98 valence electrons. The molecule has 1 aliphatic heterocycles. The normalized spacial score (nSPS) is 21.9. The van der Waals surface area contributed by atoms with Crippen LogP contribution >= 0.6 is 0 Å². The lowest BCUT2D eigenvalue weighted by Crippen LogP contribution is -2.24. The molecule has 1 heterocycles. The molecule has 1 N–H and O–H groups in total. The van der Waals surface area contributed by atoms with Gasteiger partial charge in [-0.2, -0.15) is 0 Å². The van der Waals surface area contributed by atoms with Crippen molar-refractivity contribution in [1.82, 2.24) is 4.90 Å². The first-order valence-corrected chi connectivity index (χ1v) is 6.67. The summed E-state index contributed by atoms with van der Waals surface area (Å²) < 4.78 is 0. The molecule has 1 aliphatic rings. The molecule has 0 bridgehead atoms. The Hall–Kier alpha value is -1.35. The zero-order chi connectivity index (χ0) is 13.0. The van der Waals surface area contributed by atoms with Gasteiger partial charge in [0, 0.05) is 19.0 Å². The minimum absolute atomic E-state index is 0.304. The largest absolute Gasteiger partial charge is 0.481 e. The fourth-order valence-corrected chi connectivity index (χ4v) is 2.72. The molecule has 2 rings (SSSR count). The lowest BCUT2D eigenvalue weighted by molar-refractivity contribution is -0.137. The van der Waals surface area contributed by atoms with Crippen molar-refractivity contribution >= 4 is 5.97 Å². The Labute approximate surface area is 108 Å². The first-order chi connectivity index (χ1) is 8.66. The SMILES string of the molecule is CC(c1ccccc1)N1CCC(CCC(=O)O)C1. The predicted molar refractivity (Wildman–Crippen MR) is 71.4 cm³/mol. The summed E-state index contributed by atoms with van der Waals surface area (Å²) in [5, 5.41) is 8.71. The van der Waals surface area contributed by atoms with Gasteiger partial charge >= 0.3 is 5.97 Å². The molecular formula is C15H21NO2. The second-order valence-corrected chi connectivity index (χ2v) is 5.17. The van der Waals surface area contributed by atoms with Crippen LogP contribution in [0.1, 0.15) is 37.8 Å². The van der Waals surface area contributed by atoms with Crippen LogP contribution in [0, 0.1) is 5.92 Å². The highest BCUT2D eigenvalue weighted by Crippen LogP contribution is 2.29. The molecule has 0 saturated carbocycles. The molecule has 0 spiro atoms. The molecule has 1 aromatic carbocycles. The van der Waals surface area contributed by atoms with E-state index in [1.807, 2.05) is 6.07 Å². The summed E-state index contributed by atoms with van der Waals surface area (Å²) in [5.41, 5.74) is 1.34. The molecule has 0 radical (unpaired) electrons. The van der Waals surface area contributed by atoms with Gasteiger partial charge in [-0.15, -0.1) is 0 Å².